The number of halogens is 3. The minimum absolute atomic E-state index is 0.0622. The van der Waals surface area contributed by atoms with Crippen molar-refractivity contribution in [2.75, 3.05) is 13.1 Å². The molecule has 2 amide bonds. The van der Waals surface area contributed by atoms with Gasteiger partial charge in [-0.05, 0) is 19.3 Å². The Kier molecular flexibility index (Phi) is 5.19. The third-order valence-corrected chi connectivity index (χ3v) is 5.66. The number of rotatable bonds is 3. The number of aliphatic hydroxyl groups is 2. The molecule has 7 nitrogen and oxygen atoms in total. The van der Waals surface area contributed by atoms with Gasteiger partial charge in [-0.1, -0.05) is 0 Å². The van der Waals surface area contributed by atoms with E-state index in [0.717, 1.165) is 19.3 Å². The Balaban J connectivity index is 1.58. The smallest absolute Gasteiger partial charge is 0.274 e. The molecule has 0 aromatic heterocycles. The monoisotopic (exact) mass is 423 g/mol. The summed E-state index contributed by atoms with van der Waals surface area (Å²) >= 11 is 0. The number of nitrogens with one attached hydrogen (secondary N) is 1. The van der Waals surface area contributed by atoms with Crippen molar-refractivity contribution in [2.45, 2.75) is 38.0 Å². The van der Waals surface area contributed by atoms with E-state index in [1.54, 1.807) is 4.90 Å². The SMILES string of the molecule is O=C(NCc1c(F)cc(F)cc1F)C1=CN2C(=C(O)C1O)C(=O)N1CCCC[C@@H]2C1. The summed E-state index contributed by atoms with van der Waals surface area (Å²) in [4.78, 5) is 28.4. The van der Waals surface area contributed by atoms with Gasteiger partial charge < -0.3 is 25.3 Å². The highest BCUT2D eigenvalue weighted by Crippen LogP contribution is 2.34. The first-order valence-electron chi connectivity index (χ1n) is 9.60. The fraction of sp³-hybridized carbons (Fsp3) is 0.400. The van der Waals surface area contributed by atoms with Crippen molar-refractivity contribution in [3.05, 3.63) is 58.4 Å². The van der Waals surface area contributed by atoms with E-state index in [-0.39, 0.29) is 17.3 Å². The van der Waals surface area contributed by atoms with Gasteiger partial charge in [0.15, 0.2) is 5.76 Å². The highest BCUT2D eigenvalue weighted by atomic mass is 19.1. The first kappa shape index (κ1) is 20.3. The van der Waals surface area contributed by atoms with Crippen LogP contribution in [0.4, 0.5) is 13.2 Å². The summed E-state index contributed by atoms with van der Waals surface area (Å²) in [6, 6.07) is 0.832. The lowest BCUT2D eigenvalue weighted by Gasteiger charge is -2.43. The van der Waals surface area contributed by atoms with Gasteiger partial charge in [0.05, 0.1) is 11.6 Å². The molecule has 3 aliphatic rings. The molecule has 0 saturated carbocycles. The van der Waals surface area contributed by atoms with E-state index in [1.807, 2.05) is 0 Å². The van der Waals surface area contributed by atoms with Crippen LogP contribution in [-0.4, -0.2) is 57.1 Å². The molecule has 3 N–H and O–H groups in total. The molecule has 10 heteroatoms. The van der Waals surface area contributed by atoms with Crippen molar-refractivity contribution in [2.24, 2.45) is 0 Å². The molecule has 2 fully saturated rings. The number of fused-ring (bicyclic) bond motifs is 4. The number of carbonyl (C=O) groups excluding carboxylic acids is 2. The summed E-state index contributed by atoms with van der Waals surface area (Å²) in [5, 5.41) is 23.2. The zero-order valence-electron chi connectivity index (χ0n) is 15.9. The molecule has 1 unspecified atom stereocenters. The fourth-order valence-electron chi connectivity index (χ4n) is 4.08. The Bertz CT molecular complexity index is 955. The van der Waals surface area contributed by atoms with Crippen LogP contribution < -0.4 is 5.32 Å². The predicted octanol–water partition coefficient (Wildman–Crippen LogP) is 1.44. The van der Waals surface area contributed by atoms with Crippen LogP contribution in [0, 0.1) is 17.5 Å². The van der Waals surface area contributed by atoms with Crippen molar-refractivity contribution < 1.29 is 33.0 Å². The Morgan fingerprint density at radius 3 is 2.60 bits per heavy atom. The maximum atomic E-state index is 13.8. The van der Waals surface area contributed by atoms with Gasteiger partial charge in [-0.2, -0.15) is 0 Å². The van der Waals surface area contributed by atoms with Crippen molar-refractivity contribution in [3.63, 3.8) is 0 Å². The lowest BCUT2D eigenvalue weighted by molar-refractivity contribution is -0.133. The van der Waals surface area contributed by atoms with Gasteiger partial charge >= 0.3 is 0 Å². The number of aliphatic hydroxyl groups excluding tert-OH is 2. The Morgan fingerprint density at radius 1 is 1.20 bits per heavy atom. The van der Waals surface area contributed by atoms with Crippen molar-refractivity contribution in [1.29, 1.82) is 0 Å². The molecule has 2 bridgehead atoms. The highest BCUT2D eigenvalue weighted by Gasteiger charge is 2.43. The Hall–Kier alpha value is -3.01. The Morgan fingerprint density at radius 2 is 1.90 bits per heavy atom. The average Bonchev–Trinajstić information content (AvgIpc) is 2.91. The van der Waals surface area contributed by atoms with Gasteiger partial charge in [0.1, 0.15) is 29.3 Å². The molecule has 0 aliphatic carbocycles. The van der Waals surface area contributed by atoms with Crippen LogP contribution in [0.5, 0.6) is 0 Å². The first-order chi connectivity index (χ1) is 14.3. The van der Waals surface area contributed by atoms with E-state index in [0.29, 0.717) is 25.2 Å². The topological polar surface area (TPSA) is 93.1 Å². The molecular formula is C20H20F3N3O4. The Labute approximate surface area is 170 Å². The maximum Gasteiger partial charge on any atom is 0.274 e. The fourth-order valence-corrected chi connectivity index (χ4v) is 4.08. The molecule has 160 valence electrons. The second-order valence-electron chi connectivity index (χ2n) is 7.56. The molecule has 2 atom stereocenters. The second-order valence-corrected chi connectivity index (χ2v) is 7.56. The van der Waals surface area contributed by atoms with Crippen LogP contribution in [0.3, 0.4) is 0 Å². The molecule has 3 heterocycles. The minimum atomic E-state index is -1.76. The second kappa shape index (κ2) is 7.67. The number of amides is 2. The molecule has 0 spiro atoms. The third kappa shape index (κ3) is 3.41. The van der Waals surface area contributed by atoms with E-state index < -0.39 is 53.2 Å². The third-order valence-electron chi connectivity index (χ3n) is 5.66. The predicted molar refractivity (Wildman–Crippen MR) is 98.0 cm³/mol. The molecular weight excluding hydrogens is 403 g/mol. The van der Waals surface area contributed by atoms with Gasteiger partial charge in [0, 0.05) is 43.5 Å². The summed E-state index contributed by atoms with van der Waals surface area (Å²) < 4.78 is 40.6. The van der Waals surface area contributed by atoms with Crippen LogP contribution in [0.15, 0.2) is 35.4 Å². The maximum absolute atomic E-state index is 13.8. The van der Waals surface area contributed by atoms with Crippen molar-refractivity contribution >= 4 is 11.8 Å². The number of hydrogen-bond acceptors (Lipinski definition) is 5. The standard InChI is InChI=1S/C20H20F3N3O4/c21-10-5-14(22)12(15(23)6-10)7-24-19(29)13-9-26-11-3-1-2-4-25(8-11)20(30)16(26)18(28)17(13)27/h5-6,9,11,17,27-28H,1-4,7-8H2,(H,24,29)/t11-,17?/m1/s1. The summed E-state index contributed by atoms with van der Waals surface area (Å²) in [6.07, 6.45) is 1.95. The largest absolute Gasteiger partial charge is 0.507 e. The summed E-state index contributed by atoms with van der Waals surface area (Å²) in [6.45, 7) is 0.402. The number of piperazine rings is 1. The van der Waals surface area contributed by atoms with Gasteiger partial charge in [0.2, 0.25) is 0 Å². The van der Waals surface area contributed by atoms with Crippen LogP contribution >= 0.6 is 0 Å². The number of benzene rings is 1. The van der Waals surface area contributed by atoms with E-state index in [9.17, 15) is 33.0 Å². The van der Waals surface area contributed by atoms with E-state index in [4.69, 9.17) is 0 Å². The van der Waals surface area contributed by atoms with Crippen LogP contribution in [-0.2, 0) is 16.1 Å². The van der Waals surface area contributed by atoms with E-state index in [2.05, 4.69) is 5.32 Å². The lowest BCUT2D eigenvalue weighted by Crippen LogP contribution is -2.54. The summed E-state index contributed by atoms with van der Waals surface area (Å²) in [5.41, 5.74) is -0.860. The molecule has 0 radical (unpaired) electrons. The molecule has 4 rings (SSSR count). The van der Waals surface area contributed by atoms with Crippen molar-refractivity contribution in [3.8, 4) is 0 Å². The van der Waals surface area contributed by atoms with Gasteiger partial charge in [-0.3, -0.25) is 9.59 Å². The molecule has 2 saturated heterocycles. The molecule has 1 aromatic carbocycles. The summed E-state index contributed by atoms with van der Waals surface area (Å²) in [7, 11) is 0. The van der Waals surface area contributed by atoms with Crippen LogP contribution in [0.25, 0.3) is 0 Å². The van der Waals surface area contributed by atoms with E-state index in [1.165, 1.54) is 11.1 Å². The van der Waals surface area contributed by atoms with Gasteiger partial charge in [-0.25, -0.2) is 13.2 Å². The zero-order valence-corrected chi connectivity index (χ0v) is 15.9. The highest BCUT2D eigenvalue weighted by molar-refractivity contribution is 5.99. The molecule has 1 aromatic rings. The minimum Gasteiger partial charge on any atom is -0.507 e. The average molecular weight is 423 g/mol. The summed E-state index contributed by atoms with van der Waals surface area (Å²) in [5.74, 6) is -5.33. The number of hydrogen-bond donors (Lipinski definition) is 3. The lowest BCUT2D eigenvalue weighted by atomic mass is 9.97. The van der Waals surface area contributed by atoms with Crippen LogP contribution in [0.1, 0.15) is 24.8 Å². The first-order valence-corrected chi connectivity index (χ1v) is 9.60. The van der Waals surface area contributed by atoms with Gasteiger partial charge in [0.25, 0.3) is 11.8 Å². The quantitative estimate of drug-likeness (QED) is 0.684. The zero-order chi connectivity index (χ0) is 21.6. The molecule has 30 heavy (non-hydrogen) atoms. The van der Waals surface area contributed by atoms with E-state index >= 15 is 0 Å². The molecule has 3 aliphatic heterocycles. The number of carbonyl (C=O) groups is 2. The van der Waals surface area contributed by atoms with Crippen LogP contribution in [0.2, 0.25) is 0 Å². The number of nitrogens with zero attached hydrogens (tertiary/aromatic N) is 2. The van der Waals surface area contributed by atoms with Crippen molar-refractivity contribution in [1.82, 2.24) is 15.1 Å². The normalized spacial score (nSPS) is 23.7. The van der Waals surface area contributed by atoms with Gasteiger partial charge in [-0.15, -0.1) is 0 Å².